The molecule has 0 radical (unpaired) electrons. The molecule has 0 spiro atoms. The first kappa shape index (κ1) is 18.4. The van der Waals surface area contributed by atoms with E-state index in [9.17, 15) is 9.18 Å². The second-order valence-corrected chi connectivity index (χ2v) is 13.8. The van der Waals surface area contributed by atoms with Crippen molar-refractivity contribution in [1.29, 1.82) is 0 Å². The number of carbonyl (C=O) groups is 1. The Morgan fingerprint density at radius 2 is 1.68 bits per heavy atom. The van der Waals surface area contributed by atoms with Crippen LogP contribution in [0.2, 0.25) is 16.6 Å². The largest absolute Gasteiger partial charge is 0.518 e. The van der Waals surface area contributed by atoms with Crippen LogP contribution in [-0.4, -0.2) is 14.3 Å². The van der Waals surface area contributed by atoms with E-state index in [-0.39, 0.29) is 29.5 Å². The van der Waals surface area contributed by atoms with Gasteiger partial charge in [0, 0.05) is 11.5 Å². The lowest BCUT2D eigenvalue weighted by Gasteiger charge is -2.41. The number of hydrogen-bond acceptors (Lipinski definition) is 2. The van der Waals surface area contributed by atoms with Crippen LogP contribution in [0.15, 0.2) is 24.3 Å². The summed E-state index contributed by atoms with van der Waals surface area (Å²) >= 11 is 0. The quantitative estimate of drug-likeness (QED) is 0.611. The normalized spacial score (nSPS) is 24.5. The summed E-state index contributed by atoms with van der Waals surface area (Å²) in [4.78, 5) is 13.1. The Kier molecular flexibility index (Phi) is 4.69. The SMILES string of the molecule is CC(C)[Si](OC(=O)[C@@H]1[C@H]2C=Cc3c(F)cccc3[C@H]21)(C(C)C)C(C)C. The summed E-state index contributed by atoms with van der Waals surface area (Å²) in [5, 5.41) is 0. The van der Waals surface area contributed by atoms with Crippen molar-refractivity contribution < 1.29 is 13.6 Å². The van der Waals surface area contributed by atoms with Gasteiger partial charge < -0.3 is 4.43 Å². The summed E-state index contributed by atoms with van der Waals surface area (Å²) < 4.78 is 20.4. The minimum atomic E-state index is -2.23. The van der Waals surface area contributed by atoms with Gasteiger partial charge in [0.2, 0.25) is 0 Å². The van der Waals surface area contributed by atoms with Crippen molar-refractivity contribution in [2.45, 2.75) is 64.1 Å². The van der Waals surface area contributed by atoms with E-state index >= 15 is 0 Å². The molecule has 3 atom stereocenters. The molecule has 0 aromatic heterocycles. The minimum absolute atomic E-state index is 0.0699. The molecule has 1 fully saturated rings. The Hall–Kier alpha value is -1.42. The number of halogens is 1. The van der Waals surface area contributed by atoms with Gasteiger partial charge in [0.25, 0.3) is 14.3 Å². The van der Waals surface area contributed by atoms with Crippen molar-refractivity contribution in [2.75, 3.05) is 0 Å². The highest BCUT2D eigenvalue weighted by Gasteiger charge is 2.59. The zero-order chi connectivity index (χ0) is 18.5. The fourth-order valence-corrected chi connectivity index (χ4v) is 10.3. The second kappa shape index (κ2) is 6.38. The molecule has 0 amide bonds. The molecule has 136 valence electrons. The van der Waals surface area contributed by atoms with Crippen LogP contribution in [0.4, 0.5) is 4.39 Å². The Labute approximate surface area is 151 Å². The molecular formula is C21H29FO2Si. The highest BCUT2D eigenvalue weighted by atomic mass is 28.4. The van der Waals surface area contributed by atoms with Crippen LogP contribution in [0, 0.1) is 17.7 Å². The highest BCUT2D eigenvalue weighted by molar-refractivity contribution is 6.78. The van der Waals surface area contributed by atoms with E-state index in [0.29, 0.717) is 22.2 Å². The summed E-state index contributed by atoms with van der Waals surface area (Å²) in [6.45, 7) is 13.1. The van der Waals surface area contributed by atoms with Gasteiger partial charge in [-0.05, 0) is 34.2 Å². The summed E-state index contributed by atoms with van der Waals surface area (Å²) in [6.07, 6.45) is 3.82. The van der Waals surface area contributed by atoms with Crippen molar-refractivity contribution in [1.82, 2.24) is 0 Å². The molecule has 2 nitrogen and oxygen atoms in total. The van der Waals surface area contributed by atoms with Gasteiger partial charge in [-0.15, -0.1) is 0 Å². The molecule has 0 N–H and O–H groups in total. The maximum absolute atomic E-state index is 14.0. The van der Waals surface area contributed by atoms with E-state index in [1.807, 2.05) is 18.2 Å². The molecule has 1 aromatic carbocycles. The fourth-order valence-electron chi connectivity index (χ4n) is 5.10. The average molecular weight is 361 g/mol. The van der Waals surface area contributed by atoms with Crippen LogP contribution in [0.3, 0.4) is 0 Å². The van der Waals surface area contributed by atoms with Gasteiger partial charge in [0.15, 0.2) is 0 Å². The Morgan fingerprint density at radius 3 is 2.24 bits per heavy atom. The molecule has 3 rings (SSSR count). The second-order valence-electron chi connectivity index (χ2n) is 8.47. The first-order chi connectivity index (χ1) is 11.7. The first-order valence-electron chi connectivity index (χ1n) is 9.41. The van der Waals surface area contributed by atoms with Crippen LogP contribution in [0.1, 0.15) is 58.6 Å². The van der Waals surface area contributed by atoms with Crippen LogP contribution in [-0.2, 0) is 9.22 Å². The third-order valence-corrected chi connectivity index (χ3v) is 12.2. The van der Waals surface area contributed by atoms with Gasteiger partial charge in [-0.3, -0.25) is 4.79 Å². The number of rotatable bonds is 5. The Morgan fingerprint density at radius 1 is 1.08 bits per heavy atom. The van der Waals surface area contributed by atoms with Gasteiger partial charge in [-0.1, -0.05) is 65.8 Å². The van der Waals surface area contributed by atoms with Crippen LogP contribution < -0.4 is 0 Å². The lowest BCUT2D eigenvalue weighted by molar-refractivity contribution is -0.137. The third-order valence-electron chi connectivity index (χ3n) is 6.26. The lowest BCUT2D eigenvalue weighted by atomic mass is 9.97. The number of benzene rings is 1. The molecule has 0 heterocycles. The number of fused-ring (bicyclic) bond motifs is 3. The van der Waals surface area contributed by atoms with Gasteiger partial charge >= 0.3 is 0 Å². The topological polar surface area (TPSA) is 26.3 Å². The van der Waals surface area contributed by atoms with Crippen molar-refractivity contribution in [2.24, 2.45) is 11.8 Å². The molecule has 2 aliphatic rings. The van der Waals surface area contributed by atoms with Crippen molar-refractivity contribution in [3.63, 3.8) is 0 Å². The van der Waals surface area contributed by atoms with Gasteiger partial charge in [-0.25, -0.2) is 4.39 Å². The third kappa shape index (κ3) is 2.79. The van der Waals surface area contributed by atoms with E-state index < -0.39 is 8.32 Å². The smallest absolute Gasteiger partial charge is 0.296 e. The Balaban J connectivity index is 1.85. The first-order valence-corrected chi connectivity index (χ1v) is 11.5. The predicted molar refractivity (Wildman–Crippen MR) is 102 cm³/mol. The van der Waals surface area contributed by atoms with Crippen molar-refractivity contribution in [3.8, 4) is 0 Å². The molecule has 0 bridgehead atoms. The fraction of sp³-hybridized carbons (Fsp3) is 0.571. The van der Waals surface area contributed by atoms with Crippen molar-refractivity contribution in [3.05, 3.63) is 41.2 Å². The Bertz CT molecular complexity index is 686. The summed E-state index contributed by atoms with van der Waals surface area (Å²) in [5.41, 5.74) is 2.71. The lowest BCUT2D eigenvalue weighted by Crippen LogP contribution is -2.49. The van der Waals surface area contributed by atoms with E-state index in [4.69, 9.17) is 4.43 Å². The summed E-state index contributed by atoms with van der Waals surface area (Å²) in [5.74, 6) is -0.176. The monoisotopic (exact) mass is 360 g/mol. The van der Waals surface area contributed by atoms with E-state index in [1.54, 1.807) is 6.07 Å². The minimum Gasteiger partial charge on any atom is -0.518 e. The maximum atomic E-state index is 14.0. The van der Waals surface area contributed by atoms with E-state index in [1.165, 1.54) is 6.07 Å². The standard InChI is InChI=1S/C21H29FO2Si/c1-12(2)25(13(3)4,14(5)6)24-21(23)20-17-11-10-15-16(19(17)20)8-7-9-18(15)22/h7-14,17,19-20H,1-6H3/t17-,19+,20+/m0/s1. The average Bonchev–Trinajstić information content (AvgIpc) is 3.26. The number of allylic oxidation sites excluding steroid dienone is 1. The number of hydrogen-bond donors (Lipinski definition) is 0. The molecule has 0 aliphatic heterocycles. The molecule has 1 saturated carbocycles. The summed E-state index contributed by atoms with van der Waals surface area (Å²) in [6, 6.07) is 5.17. The number of carbonyl (C=O) groups excluding carboxylic acids is 1. The maximum Gasteiger partial charge on any atom is 0.296 e. The molecule has 0 saturated heterocycles. The zero-order valence-electron chi connectivity index (χ0n) is 16.0. The van der Waals surface area contributed by atoms with Gasteiger partial charge in [0.1, 0.15) is 5.82 Å². The van der Waals surface area contributed by atoms with E-state index in [2.05, 4.69) is 41.5 Å². The molecular weight excluding hydrogens is 331 g/mol. The van der Waals surface area contributed by atoms with Gasteiger partial charge in [0.05, 0.1) is 5.92 Å². The van der Waals surface area contributed by atoms with Crippen molar-refractivity contribution >= 4 is 20.4 Å². The molecule has 2 aliphatic carbocycles. The predicted octanol–water partition coefficient (Wildman–Crippen LogP) is 5.90. The van der Waals surface area contributed by atoms with Crippen LogP contribution in [0.25, 0.3) is 6.08 Å². The molecule has 4 heteroatoms. The van der Waals surface area contributed by atoms with Gasteiger partial charge in [-0.2, -0.15) is 0 Å². The van der Waals surface area contributed by atoms with Crippen LogP contribution >= 0.6 is 0 Å². The molecule has 1 aromatic rings. The summed E-state index contributed by atoms with van der Waals surface area (Å²) in [7, 11) is -2.23. The highest BCUT2D eigenvalue weighted by Crippen LogP contribution is 2.59. The van der Waals surface area contributed by atoms with E-state index in [0.717, 1.165) is 5.56 Å². The molecule has 0 unspecified atom stereocenters. The van der Waals surface area contributed by atoms with Crippen LogP contribution in [0.5, 0.6) is 0 Å². The zero-order valence-corrected chi connectivity index (χ0v) is 17.0. The molecule has 25 heavy (non-hydrogen) atoms.